The van der Waals surface area contributed by atoms with Gasteiger partial charge in [0, 0.05) is 26.2 Å². The summed E-state index contributed by atoms with van der Waals surface area (Å²) in [6.07, 6.45) is 6.30. The van der Waals surface area contributed by atoms with Crippen molar-refractivity contribution in [3.63, 3.8) is 0 Å². The van der Waals surface area contributed by atoms with Crippen molar-refractivity contribution in [2.75, 3.05) is 31.1 Å². The number of likely N-dealkylation sites (tertiary alicyclic amines) is 1. The fourth-order valence-electron chi connectivity index (χ4n) is 5.55. The summed E-state index contributed by atoms with van der Waals surface area (Å²) in [6, 6.07) is 11.9. The Balaban J connectivity index is 1.24. The van der Waals surface area contributed by atoms with Crippen LogP contribution in [0.2, 0.25) is 0 Å². The molecule has 4 aromatic rings. The number of para-hydroxylation sites is 1. The molecule has 172 valence electrons. The third-order valence-electron chi connectivity index (χ3n) is 7.05. The topological polar surface area (TPSA) is 80.0 Å². The summed E-state index contributed by atoms with van der Waals surface area (Å²) < 4.78 is 0. The molecule has 6 rings (SSSR count). The number of aryl methyl sites for hydroxylation is 2. The van der Waals surface area contributed by atoms with E-state index in [1.54, 1.807) is 12.4 Å². The van der Waals surface area contributed by atoms with E-state index in [2.05, 4.69) is 33.1 Å². The number of piperidine rings is 2. The molecule has 0 N–H and O–H groups in total. The van der Waals surface area contributed by atoms with Crippen molar-refractivity contribution >= 4 is 22.8 Å². The predicted octanol–water partition coefficient (Wildman–Crippen LogP) is 3.43. The first kappa shape index (κ1) is 20.8. The van der Waals surface area contributed by atoms with Gasteiger partial charge in [0.15, 0.2) is 0 Å². The van der Waals surface area contributed by atoms with Crippen LogP contribution in [-0.4, -0.2) is 61.9 Å². The molecular weight excluding hydrogens is 426 g/mol. The second-order valence-electron chi connectivity index (χ2n) is 9.54. The van der Waals surface area contributed by atoms with Crippen LogP contribution in [0.25, 0.3) is 16.7 Å². The molecule has 4 heterocycles. The van der Waals surface area contributed by atoms with Gasteiger partial charge < -0.3 is 9.80 Å². The van der Waals surface area contributed by atoms with E-state index in [0.29, 0.717) is 17.4 Å². The summed E-state index contributed by atoms with van der Waals surface area (Å²) in [5, 5.41) is 8.52. The largest absolute Gasteiger partial charge is 0.355 e. The van der Waals surface area contributed by atoms with Crippen molar-refractivity contribution in [2.45, 2.75) is 20.3 Å². The molecule has 2 saturated heterocycles. The van der Waals surface area contributed by atoms with Gasteiger partial charge in [0.1, 0.15) is 5.82 Å². The maximum atomic E-state index is 13.7. The molecule has 0 saturated carbocycles. The van der Waals surface area contributed by atoms with Crippen molar-refractivity contribution in [3.8, 4) is 5.69 Å². The Hall–Kier alpha value is -3.81. The Morgan fingerprint density at radius 1 is 0.912 bits per heavy atom. The van der Waals surface area contributed by atoms with Gasteiger partial charge in [-0.25, -0.2) is 4.98 Å². The minimum absolute atomic E-state index is 0.0645. The molecule has 2 aromatic heterocycles. The van der Waals surface area contributed by atoms with Crippen LogP contribution in [0.5, 0.6) is 0 Å². The van der Waals surface area contributed by atoms with Crippen molar-refractivity contribution in [1.29, 1.82) is 0 Å². The van der Waals surface area contributed by atoms with Crippen LogP contribution in [-0.2, 0) is 0 Å². The highest BCUT2D eigenvalue weighted by molar-refractivity contribution is 5.99. The smallest absolute Gasteiger partial charge is 0.256 e. The molecule has 2 aliphatic rings. The third kappa shape index (κ3) is 3.59. The van der Waals surface area contributed by atoms with E-state index in [9.17, 15) is 4.79 Å². The van der Waals surface area contributed by atoms with E-state index in [1.165, 1.54) is 4.80 Å². The predicted molar refractivity (Wildman–Crippen MR) is 130 cm³/mol. The number of aromatic nitrogens is 5. The average molecular weight is 454 g/mol. The maximum absolute atomic E-state index is 13.7. The average Bonchev–Trinajstić information content (AvgIpc) is 3.38. The first-order valence-corrected chi connectivity index (χ1v) is 11.8. The number of carbonyl (C=O) groups excluding carboxylic acids is 1. The van der Waals surface area contributed by atoms with E-state index in [1.807, 2.05) is 48.4 Å². The van der Waals surface area contributed by atoms with Crippen LogP contribution in [0.3, 0.4) is 0 Å². The monoisotopic (exact) mass is 453 g/mol. The number of hydrogen-bond donors (Lipinski definition) is 0. The van der Waals surface area contributed by atoms with E-state index < -0.39 is 0 Å². The summed E-state index contributed by atoms with van der Waals surface area (Å²) in [5.41, 5.74) is 5.39. The molecule has 8 nitrogen and oxygen atoms in total. The summed E-state index contributed by atoms with van der Waals surface area (Å²) in [5.74, 6) is 1.80. The first-order valence-electron chi connectivity index (χ1n) is 11.8. The zero-order valence-corrected chi connectivity index (χ0v) is 19.4. The van der Waals surface area contributed by atoms with Gasteiger partial charge in [-0.1, -0.05) is 24.3 Å². The zero-order valence-electron chi connectivity index (χ0n) is 19.4. The minimum atomic E-state index is 0.0645. The van der Waals surface area contributed by atoms with Gasteiger partial charge in [0.2, 0.25) is 0 Å². The Kier molecular flexibility index (Phi) is 5.01. The molecule has 2 bridgehead atoms. The molecule has 34 heavy (non-hydrogen) atoms. The van der Waals surface area contributed by atoms with Crippen LogP contribution >= 0.6 is 0 Å². The fraction of sp³-hybridized carbons (Fsp3) is 0.346. The number of rotatable bonds is 3. The summed E-state index contributed by atoms with van der Waals surface area (Å²) >= 11 is 0. The lowest BCUT2D eigenvalue weighted by molar-refractivity contribution is 0.0563. The lowest BCUT2D eigenvalue weighted by atomic mass is 9.84. The van der Waals surface area contributed by atoms with Crippen molar-refractivity contribution < 1.29 is 4.79 Å². The molecular formula is C26H27N7O. The molecule has 2 aliphatic heterocycles. The highest BCUT2D eigenvalue weighted by atomic mass is 16.2. The number of hydrogen-bond acceptors (Lipinski definition) is 6. The molecule has 0 spiro atoms. The van der Waals surface area contributed by atoms with Crippen molar-refractivity contribution in [2.24, 2.45) is 11.8 Å². The number of benzene rings is 2. The van der Waals surface area contributed by atoms with E-state index in [4.69, 9.17) is 4.98 Å². The Labute approximate surface area is 198 Å². The Morgan fingerprint density at radius 2 is 1.62 bits per heavy atom. The molecule has 8 heteroatoms. The summed E-state index contributed by atoms with van der Waals surface area (Å²) in [7, 11) is 0. The second kappa shape index (κ2) is 8.20. The van der Waals surface area contributed by atoms with Crippen LogP contribution < -0.4 is 4.90 Å². The number of nitrogens with zero attached hydrogens (tertiary/aromatic N) is 7. The fourth-order valence-corrected chi connectivity index (χ4v) is 5.55. The van der Waals surface area contributed by atoms with Gasteiger partial charge in [-0.15, -0.1) is 0 Å². The quantitative estimate of drug-likeness (QED) is 0.473. The SMILES string of the molecule is Cc1cccc(-n2nccn2)c1C(=O)N1C[C@H]2C[C@@H](C1)CN(c1cnc3cccc(C)c3n1)C2. The number of carbonyl (C=O) groups is 1. The molecule has 2 aromatic carbocycles. The van der Waals surface area contributed by atoms with Gasteiger partial charge >= 0.3 is 0 Å². The number of fused-ring (bicyclic) bond motifs is 3. The number of amides is 1. The molecule has 2 fully saturated rings. The number of anilines is 1. The lowest BCUT2D eigenvalue weighted by Gasteiger charge is -2.46. The standard InChI is InChI=1S/C26H27N7O/c1-17-5-4-8-22(33-28-9-10-29-33)24(17)26(34)32-15-19-11-20(16-32)14-31(13-19)23-12-27-21-7-3-6-18(2)25(21)30-23/h3-10,12,19-20H,11,13-16H2,1-2H3/t19-,20+. The van der Waals surface area contributed by atoms with Gasteiger partial charge in [-0.05, 0) is 55.4 Å². The van der Waals surface area contributed by atoms with Crippen molar-refractivity contribution in [1.82, 2.24) is 29.9 Å². The third-order valence-corrected chi connectivity index (χ3v) is 7.05. The Morgan fingerprint density at radius 3 is 2.38 bits per heavy atom. The molecule has 0 aliphatic carbocycles. The van der Waals surface area contributed by atoms with E-state index in [0.717, 1.165) is 66.3 Å². The molecule has 0 radical (unpaired) electrons. The summed E-state index contributed by atoms with van der Waals surface area (Å²) in [4.78, 5) is 29.2. The molecule has 2 atom stereocenters. The maximum Gasteiger partial charge on any atom is 0.256 e. The van der Waals surface area contributed by atoms with Gasteiger partial charge in [-0.2, -0.15) is 15.0 Å². The van der Waals surface area contributed by atoms with Crippen LogP contribution in [0.15, 0.2) is 55.0 Å². The second-order valence-corrected chi connectivity index (χ2v) is 9.54. The highest BCUT2D eigenvalue weighted by Crippen LogP contribution is 2.33. The highest BCUT2D eigenvalue weighted by Gasteiger charge is 2.37. The van der Waals surface area contributed by atoms with Crippen LogP contribution in [0.4, 0.5) is 5.82 Å². The first-order chi connectivity index (χ1) is 16.6. The van der Waals surface area contributed by atoms with Gasteiger partial charge in [0.05, 0.1) is 40.9 Å². The van der Waals surface area contributed by atoms with Gasteiger partial charge in [-0.3, -0.25) is 9.78 Å². The van der Waals surface area contributed by atoms with E-state index >= 15 is 0 Å². The zero-order chi connectivity index (χ0) is 23.2. The molecule has 1 amide bonds. The normalized spacial score (nSPS) is 20.1. The van der Waals surface area contributed by atoms with Gasteiger partial charge in [0.25, 0.3) is 5.91 Å². The van der Waals surface area contributed by atoms with Crippen molar-refractivity contribution in [3.05, 3.63) is 71.7 Å². The molecule has 0 unspecified atom stereocenters. The summed E-state index contributed by atoms with van der Waals surface area (Å²) in [6.45, 7) is 7.31. The minimum Gasteiger partial charge on any atom is -0.355 e. The van der Waals surface area contributed by atoms with E-state index in [-0.39, 0.29) is 5.91 Å². The van der Waals surface area contributed by atoms with Crippen LogP contribution in [0.1, 0.15) is 27.9 Å². The lowest BCUT2D eigenvalue weighted by Crippen LogP contribution is -2.54. The van der Waals surface area contributed by atoms with Crippen LogP contribution in [0, 0.1) is 25.7 Å². The Bertz CT molecular complexity index is 1350.